The maximum atomic E-state index is 12.8. The second kappa shape index (κ2) is 5.76. The highest BCUT2D eigenvalue weighted by atomic mass is 19.4. The van der Waals surface area contributed by atoms with Gasteiger partial charge in [-0.15, -0.1) is 0 Å². The third-order valence-electron chi connectivity index (χ3n) is 5.02. The van der Waals surface area contributed by atoms with Gasteiger partial charge in [0.05, 0.1) is 11.8 Å². The molecule has 0 aromatic rings. The minimum atomic E-state index is -4.20. The van der Waals surface area contributed by atoms with Gasteiger partial charge >= 0.3 is 12.4 Å². The van der Waals surface area contributed by atoms with Gasteiger partial charge in [-0.1, -0.05) is 25.7 Å². The maximum absolute atomic E-state index is 12.8. The number of alkyl halides is 6. The fourth-order valence-electron chi connectivity index (χ4n) is 3.91. The highest BCUT2D eigenvalue weighted by Gasteiger charge is 2.47. The van der Waals surface area contributed by atoms with Gasteiger partial charge in [0, 0.05) is 0 Å². The van der Waals surface area contributed by atoms with Gasteiger partial charge in [0.1, 0.15) is 0 Å². The van der Waals surface area contributed by atoms with Crippen molar-refractivity contribution >= 4 is 0 Å². The lowest BCUT2D eigenvalue weighted by Gasteiger charge is -2.39. The van der Waals surface area contributed by atoms with Gasteiger partial charge in [0.15, 0.2) is 0 Å². The molecule has 0 N–H and O–H groups in total. The molecule has 0 radical (unpaired) electrons. The average molecular weight is 302 g/mol. The average Bonchev–Trinajstić information content (AvgIpc) is 2.37. The first-order valence-electron chi connectivity index (χ1n) is 7.31. The molecule has 0 heterocycles. The van der Waals surface area contributed by atoms with E-state index < -0.39 is 24.2 Å². The lowest BCUT2D eigenvalue weighted by Crippen LogP contribution is -2.35. The standard InChI is InChI=1S/C14H20F6/c15-13(16,17)11-5-1-3-9(7-11)10-4-2-6-12(8-10)14(18,19)20/h9-12H,1-8H2. The van der Waals surface area contributed by atoms with E-state index in [0.717, 1.165) is 0 Å². The molecule has 0 aromatic heterocycles. The molecule has 0 spiro atoms. The van der Waals surface area contributed by atoms with Crippen LogP contribution in [0.3, 0.4) is 0 Å². The zero-order valence-corrected chi connectivity index (χ0v) is 11.2. The predicted octanol–water partition coefficient (Wildman–Crippen LogP) is 5.72. The molecular weight excluding hydrogens is 282 g/mol. The topological polar surface area (TPSA) is 0 Å². The normalized spacial score (nSPS) is 36.9. The summed E-state index contributed by atoms with van der Waals surface area (Å²) in [5.74, 6) is -2.99. The van der Waals surface area contributed by atoms with Crippen molar-refractivity contribution in [2.24, 2.45) is 23.7 Å². The van der Waals surface area contributed by atoms with Crippen LogP contribution >= 0.6 is 0 Å². The van der Waals surface area contributed by atoms with Crippen LogP contribution in [0.2, 0.25) is 0 Å². The summed E-state index contributed by atoms with van der Waals surface area (Å²) in [5.41, 5.74) is 0. The van der Waals surface area contributed by atoms with E-state index in [1.165, 1.54) is 0 Å². The summed E-state index contributed by atoms with van der Waals surface area (Å²) in [6, 6.07) is 0. The summed E-state index contributed by atoms with van der Waals surface area (Å²) < 4.78 is 76.6. The first-order valence-corrected chi connectivity index (χ1v) is 7.31. The van der Waals surface area contributed by atoms with Gasteiger partial charge in [-0.25, -0.2) is 0 Å². The minimum Gasteiger partial charge on any atom is -0.171 e. The van der Waals surface area contributed by atoms with E-state index >= 15 is 0 Å². The van der Waals surface area contributed by atoms with Crippen molar-refractivity contribution in [3.63, 3.8) is 0 Å². The molecule has 0 nitrogen and oxygen atoms in total. The summed E-state index contributed by atoms with van der Waals surface area (Å²) >= 11 is 0. The van der Waals surface area contributed by atoms with Gasteiger partial charge < -0.3 is 0 Å². The number of hydrogen-bond acceptors (Lipinski definition) is 0. The van der Waals surface area contributed by atoms with Crippen LogP contribution in [0.1, 0.15) is 51.4 Å². The van der Waals surface area contributed by atoms with Gasteiger partial charge in [0.25, 0.3) is 0 Å². The summed E-state index contributed by atoms with van der Waals surface area (Å²) in [6.45, 7) is 0. The first-order chi connectivity index (χ1) is 9.18. The Bertz CT molecular complexity index is 287. The lowest BCUT2D eigenvalue weighted by atomic mass is 9.68. The fourth-order valence-corrected chi connectivity index (χ4v) is 3.91. The SMILES string of the molecule is FC(F)(F)C1CCCC(C2CCCC(C(F)(F)F)C2)C1. The van der Waals surface area contributed by atoms with Crippen molar-refractivity contribution in [3.05, 3.63) is 0 Å². The number of halogens is 6. The van der Waals surface area contributed by atoms with E-state index in [-0.39, 0.29) is 37.5 Å². The maximum Gasteiger partial charge on any atom is 0.391 e. The molecule has 2 rings (SSSR count). The van der Waals surface area contributed by atoms with Gasteiger partial charge in [-0.3, -0.25) is 0 Å². The zero-order chi connectivity index (χ0) is 15.0. The van der Waals surface area contributed by atoms with Crippen LogP contribution in [0.25, 0.3) is 0 Å². The van der Waals surface area contributed by atoms with E-state index in [0.29, 0.717) is 25.7 Å². The van der Waals surface area contributed by atoms with Crippen molar-refractivity contribution in [2.45, 2.75) is 63.7 Å². The summed E-state index contributed by atoms with van der Waals surface area (Å²) in [4.78, 5) is 0. The molecule has 4 atom stereocenters. The predicted molar refractivity (Wildman–Crippen MR) is 63.0 cm³/mol. The van der Waals surface area contributed by atoms with Gasteiger partial charge in [-0.05, 0) is 37.5 Å². The second-order valence-corrected chi connectivity index (χ2v) is 6.33. The summed E-state index contributed by atoms with van der Waals surface area (Å²) in [5, 5.41) is 0. The molecule has 2 aliphatic rings. The number of rotatable bonds is 1. The van der Waals surface area contributed by atoms with Crippen molar-refractivity contribution in [1.82, 2.24) is 0 Å². The quantitative estimate of drug-likeness (QED) is 0.543. The van der Waals surface area contributed by atoms with Crippen LogP contribution in [0.4, 0.5) is 26.3 Å². The highest BCUT2D eigenvalue weighted by molar-refractivity contribution is 4.86. The molecule has 20 heavy (non-hydrogen) atoms. The summed E-state index contributed by atoms with van der Waals surface area (Å²) in [7, 11) is 0. The Morgan fingerprint density at radius 2 is 0.900 bits per heavy atom. The lowest BCUT2D eigenvalue weighted by molar-refractivity contribution is -0.197. The Morgan fingerprint density at radius 3 is 1.20 bits per heavy atom. The Morgan fingerprint density at radius 1 is 0.550 bits per heavy atom. The molecule has 2 saturated carbocycles. The van der Waals surface area contributed by atoms with Gasteiger partial charge in [-0.2, -0.15) is 26.3 Å². The van der Waals surface area contributed by atoms with Crippen LogP contribution in [-0.4, -0.2) is 12.4 Å². The van der Waals surface area contributed by atoms with E-state index in [9.17, 15) is 26.3 Å². The Hall–Kier alpha value is -0.420. The third-order valence-corrected chi connectivity index (χ3v) is 5.02. The van der Waals surface area contributed by atoms with Crippen LogP contribution in [0.15, 0.2) is 0 Å². The molecule has 2 fully saturated rings. The molecule has 118 valence electrons. The van der Waals surface area contributed by atoms with Crippen LogP contribution in [-0.2, 0) is 0 Å². The van der Waals surface area contributed by atoms with Crippen LogP contribution in [0.5, 0.6) is 0 Å². The molecule has 0 saturated heterocycles. The molecular formula is C14H20F6. The molecule has 2 aliphatic carbocycles. The fraction of sp³-hybridized carbons (Fsp3) is 1.00. The van der Waals surface area contributed by atoms with E-state index in [1.54, 1.807) is 0 Å². The molecule has 6 heteroatoms. The van der Waals surface area contributed by atoms with Crippen molar-refractivity contribution in [2.75, 3.05) is 0 Å². The highest BCUT2D eigenvalue weighted by Crippen LogP contribution is 2.48. The molecule has 4 unspecified atom stereocenters. The van der Waals surface area contributed by atoms with Crippen molar-refractivity contribution < 1.29 is 26.3 Å². The second-order valence-electron chi connectivity index (χ2n) is 6.33. The first kappa shape index (κ1) is 16.0. The minimum absolute atomic E-state index is 0.0265. The molecule has 0 aromatic carbocycles. The molecule has 0 bridgehead atoms. The zero-order valence-electron chi connectivity index (χ0n) is 11.2. The van der Waals surface area contributed by atoms with Crippen molar-refractivity contribution in [1.29, 1.82) is 0 Å². The van der Waals surface area contributed by atoms with E-state index in [2.05, 4.69) is 0 Å². The molecule has 0 aliphatic heterocycles. The monoisotopic (exact) mass is 302 g/mol. The Balaban J connectivity index is 1.97. The largest absolute Gasteiger partial charge is 0.391 e. The van der Waals surface area contributed by atoms with E-state index in [4.69, 9.17) is 0 Å². The van der Waals surface area contributed by atoms with E-state index in [1.807, 2.05) is 0 Å². The van der Waals surface area contributed by atoms with Crippen molar-refractivity contribution in [3.8, 4) is 0 Å². The van der Waals surface area contributed by atoms with Crippen LogP contribution < -0.4 is 0 Å². The van der Waals surface area contributed by atoms with Crippen LogP contribution in [0, 0.1) is 23.7 Å². The van der Waals surface area contributed by atoms with Gasteiger partial charge in [0.2, 0.25) is 0 Å². The third kappa shape index (κ3) is 3.82. The Kier molecular flexibility index (Phi) is 4.59. The Labute approximate surface area is 114 Å². The summed E-state index contributed by atoms with van der Waals surface area (Å²) in [6.07, 6.45) is -5.79. The number of hydrogen-bond donors (Lipinski definition) is 0. The smallest absolute Gasteiger partial charge is 0.171 e. The molecule has 0 amide bonds.